The van der Waals surface area contributed by atoms with E-state index in [1.54, 1.807) is 18.2 Å². The Hall–Kier alpha value is -1.85. The molecule has 4 nitrogen and oxygen atoms in total. The van der Waals surface area contributed by atoms with Gasteiger partial charge in [0, 0.05) is 17.6 Å². The van der Waals surface area contributed by atoms with E-state index in [-0.39, 0.29) is 12.2 Å². The van der Waals surface area contributed by atoms with Crippen LogP contribution in [-0.2, 0) is 6.54 Å². The maximum Gasteiger partial charge on any atom is 0.272 e. The lowest BCUT2D eigenvalue weighted by Gasteiger charge is -2.09. The number of nitro benzene ring substituents is 1. The van der Waals surface area contributed by atoms with E-state index in [2.05, 4.69) is 5.32 Å². The molecule has 0 aliphatic rings. The predicted molar refractivity (Wildman–Crippen MR) is 76.8 cm³/mol. The molecule has 2 aromatic carbocycles. The first-order chi connectivity index (χ1) is 9.45. The van der Waals surface area contributed by atoms with Crippen molar-refractivity contribution >= 4 is 34.6 Å². The summed E-state index contributed by atoms with van der Waals surface area (Å²) in [5, 5.41) is 14.5. The van der Waals surface area contributed by atoms with Gasteiger partial charge in [-0.05, 0) is 29.8 Å². The van der Waals surface area contributed by atoms with Crippen molar-refractivity contribution in [2.75, 3.05) is 5.32 Å². The van der Waals surface area contributed by atoms with E-state index >= 15 is 0 Å². The standard InChI is InChI=1S/C13H9Cl2FN2O2/c14-9-1-2-13(12(15)5-9)17-7-8-3-10(16)6-11(4-8)18(19)20/h1-6,17H,7H2. The molecule has 0 heterocycles. The second kappa shape index (κ2) is 6.07. The zero-order chi connectivity index (χ0) is 14.7. The van der Waals surface area contributed by atoms with E-state index in [4.69, 9.17) is 23.2 Å². The first-order valence-corrected chi connectivity index (χ1v) is 6.34. The molecule has 0 spiro atoms. The number of benzene rings is 2. The molecule has 0 bridgehead atoms. The fourth-order valence-electron chi connectivity index (χ4n) is 1.67. The molecule has 0 radical (unpaired) electrons. The molecule has 0 fully saturated rings. The molecule has 0 aliphatic carbocycles. The van der Waals surface area contributed by atoms with Crippen LogP contribution in [0.3, 0.4) is 0 Å². The third-order valence-electron chi connectivity index (χ3n) is 2.57. The quantitative estimate of drug-likeness (QED) is 0.660. The molecule has 1 N–H and O–H groups in total. The molecule has 0 atom stereocenters. The number of rotatable bonds is 4. The topological polar surface area (TPSA) is 55.2 Å². The Morgan fingerprint density at radius 2 is 1.95 bits per heavy atom. The Kier molecular flexibility index (Phi) is 4.42. The molecule has 0 unspecified atom stereocenters. The molecule has 0 saturated carbocycles. The van der Waals surface area contributed by atoms with Crippen LogP contribution in [0.25, 0.3) is 0 Å². The average Bonchev–Trinajstić information content (AvgIpc) is 2.37. The minimum Gasteiger partial charge on any atom is -0.380 e. The number of halogens is 3. The highest BCUT2D eigenvalue weighted by atomic mass is 35.5. The third kappa shape index (κ3) is 3.59. The van der Waals surface area contributed by atoms with Crippen LogP contribution in [0, 0.1) is 15.9 Å². The first-order valence-electron chi connectivity index (χ1n) is 5.58. The summed E-state index contributed by atoms with van der Waals surface area (Å²) in [6.45, 7) is 0.208. The van der Waals surface area contributed by atoms with Crippen molar-refractivity contribution in [2.24, 2.45) is 0 Å². The van der Waals surface area contributed by atoms with Gasteiger partial charge < -0.3 is 5.32 Å². The number of hydrogen-bond acceptors (Lipinski definition) is 3. The molecular formula is C13H9Cl2FN2O2. The third-order valence-corrected chi connectivity index (χ3v) is 3.12. The van der Waals surface area contributed by atoms with Gasteiger partial charge in [-0.25, -0.2) is 4.39 Å². The van der Waals surface area contributed by atoms with E-state index in [9.17, 15) is 14.5 Å². The maximum absolute atomic E-state index is 13.3. The van der Waals surface area contributed by atoms with Gasteiger partial charge in [-0.15, -0.1) is 0 Å². The normalized spacial score (nSPS) is 10.3. The Balaban J connectivity index is 2.16. The van der Waals surface area contributed by atoms with Gasteiger partial charge in [-0.2, -0.15) is 0 Å². The van der Waals surface area contributed by atoms with Crippen molar-refractivity contribution in [2.45, 2.75) is 6.54 Å². The summed E-state index contributed by atoms with van der Waals surface area (Å²) in [6, 6.07) is 8.31. The van der Waals surface area contributed by atoms with Crippen LogP contribution in [0.4, 0.5) is 15.8 Å². The first kappa shape index (κ1) is 14.6. The van der Waals surface area contributed by atoms with Gasteiger partial charge in [0.2, 0.25) is 0 Å². The van der Waals surface area contributed by atoms with Gasteiger partial charge in [-0.3, -0.25) is 10.1 Å². The van der Waals surface area contributed by atoms with Gasteiger partial charge in [0.1, 0.15) is 5.82 Å². The molecule has 0 aliphatic heterocycles. The van der Waals surface area contributed by atoms with Crippen LogP contribution in [0.2, 0.25) is 10.0 Å². The average molecular weight is 315 g/mol. The van der Waals surface area contributed by atoms with Gasteiger partial charge in [0.05, 0.1) is 21.7 Å². The van der Waals surface area contributed by atoms with Crippen molar-refractivity contribution in [3.05, 3.63) is 67.9 Å². The molecule has 0 amide bonds. The van der Waals surface area contributed by atoms with Crippen molar-refractivity contribution in [1.29, 1.82) is 0 Å². The zero-order valence-electron chi connectivity index (χ0n) is 10.1. The number of nitrogens with zero attached hydrogens (tertiary/aromatic N) is 1. The van der Waals surface area contributed by atoms with E-state index in [1.165, 1.54) is 12.1 Å². The monoisotopic (exact) mass is 314 g/mol. The van der Waals surface area contributed by atoms with Gasteiger partial charge in [0.25, 0.3) is 5.69 Å². The molecule has 7 heteroatoms. The van der Waals surface area contributed by atoms with Crippen LogP contribution in [0.15, 0.2) is 36.4 Å². The summed E-state index contributed by atoms with van der Waals surface area (Å²) in [4.78, 5) is 10.0. The predicted octanol–water partition coefficient (Wildman–Crippen LogP) is 4.65. The molecular weight excluding hydrogens is 306 g/mol. The molecule has 2 aromatic rings. The van der Waals surface area contributed by atoms with Crippen molar-refractivity contribution < 1.29 is 9.31 Å². The van der Waals surface area contributed by atoms with Crippen molar-refractivity contribution in [1.82, 2.24) is 0 Å². The van der Waals surface area contributed by atoms with Gasteiger partial charge in [0.15, 0.2) is 0 Å². The van der Waals surface area contributed by atoms with Crippen molar-refractivity contribution in [3.63, 3.8) is 0 Å². The summed E-state index contributed by atoms with van der Waals surface area (Å²) in [5.41, 5.74) is 0.773. The second-order valence-corrected chi connectivity index (χ2v) is 4.90. The summed E-state index contributed by atoms with van der Waals surface area (Å²) in [6.07, 6.45) is 0. The summed E-state index contributed by atoms with van der Waals surface area (Å²) >= 11 is 11.8. The summed E-state index contributed by atoms with van der Waals surface area (Å²) in [7, 11) is 0. The van der Waals surface area contributed by atoms with Crippen molar-refractivity contribution in [3.8, 4) is 0 Å². The SMILES string of the molecule is O=[N+]([O-])c1cc(F)cc(CNc2ccc(Cl)cc2Cl)c1. The van der Waals surface area contributed by atoms with Crippen LogP contribution in [-0.4, -0.2) is 4.92 Å². The highest BCUT2D eigenvalue weighted by Crippen LogP contribution is 2.26. The molecule has 0 aromatic heterocycles. The van der Waals surface area contributed by atoms with Crippen LogP contribution in [0.1, 0.15) is 5.56 Å². The lowest BCUT2D eigenvalue weighted by Crippen LogP contribution is -2.01. The van der Waals surface area contributed by atoms with E-state index in [0.29, 0.717) is 21.3 Å². The largest absolute Gasteiger partial charge is 0.380 e. The highest BCUT2D eigenvalue weighted by Gasteiger charge is 2.10. The summed E-state index contributed by atoms with van der Waals surface area (Å²) in [5.74, 6) is -0.654. The highest BCUT2D eigenvalue weighted by molar-refractivity contribution is 6.36. The van der Waals surface area contributed by atoms with Gasteiger partial charge in [-0.1, -0.05) is 23.2 Å². The van der Waals surface area contributed by atoms with E-state index in [0.717, 1.165) is 6.07 Å². The molecule has 20 heavy (non-hydrogen) atoms. The number of hydrogen-bond donors (Lipinski definition) is 1. The number of non-ortho nitro benzene ring substituents is 1. The fraction of sp³-hybridized carbons (Fsp3) is 0.0769. The smallest absolute Gasteiger partial charge is 0.272 e. The number of anilines is 1. The lowest BCUT2D eigenvalue weighted by molar-refractivity contribution is -0.385. The second-order valence-electron chi connectivity index (χ2n) is 4.05. The van der Waals surface area contributed by atoms with Crippen LogP contribution >= 0.6 is 23.2 Å². The van der Waals surface area contributed by atoms with Crippen LogP contribution in [0.5, 0.6) is 0 Å². The minimum atomic E-state index is -0.654. The Morgan fingerprint density at radius 1 is 1.20 bits per heavy atom. The number of nitro groups is 1. The lowest BCUT2D eigenvalue weighted by atomic mass is 10.2. The molecule has 0 saturated heterocycles. The number of nitrogens with one attached hydrogen (secondary N) is 1. The van der Waals surface area contributed by atoms with E-state index < -0.39 is 10.7 Å². The molecule has 104 valence electrons. The Morgan fingerprint density at radius 3 is 2.60 bits per heavy atom. The maximum atomic E-state index is 13.3. The molecule has 2 rings (SSSR count). The minimum absolute atomic E-state index is 0.208. The van der Waals surface area contributed by atoms with E-state index in [1.807, 2.05) is 0 Å². The zero-order valence-corrected chi connectivity index (χ0v) is 11.6. The van der Waals surface area contributed by atoms with Gasteiger partial charge >= 0.3 is 0 Å². The Bertz CT molecular complexity index is 665. The van der Waals surface area contributed by atoms with Crippen LogP contribution < -0.4 is 5.32 Å². The Labute approximate surface area is 124 Å². The summed E-state index contributed by atoms with van der Waals surface area (Å²) < 4.78 is 13.3. The fourth-order valence-corrected chi connectivity index (χ4v) is 2.15.